The maximum absolute atomic E-state index is 5.11. The summed E-state index contributed by atoms with van der Waals surface area (Å²) in [6.07, 6.45) is 8.94. The average molecular weight is 383 g/mol. The molecule has 0 aliphatic heterocycles. The van der Waals surface area contributed by atoms with Crippen molar-refractivity contribution in [3.05, 3.63) is 35.2 Å². The molecule has 2 nitrogen and oxygen atoms in total. The van der Waals surface area contributed by atoms with Crippen LogP contribution in [0.5, 0.6) is 0 Å². The molecule has 0 spiro atoms. The molecule has 0 saturated carbocycles. The minimum Gasteiger partial charge on any atom is -0.381 e. The second-order valence-electron chi connectivity index (χ2n) is 6.27. The fraction of sp³-hybridized carbons (Fsp3) is 0.696. The van der Waals surface area contributed by atoms with Crippen LogP contribution in [0.2, 0.25) is 0 Å². The van der Waals surface area contributed by atoms with E-state index in [4.69, 9.17) is 5.73 Å². The second kappa shape index (κ2) is 24.0. The second-order valence-corrected chi connectivity index (χ2v) is 7.27. The Morgan fingerprint density at radius 1 is 1.08 bits per heavy atom. The van der Waals surface area contributed by atoms with E-state index in [1.807, 2.05) is 39.0 Å². The number of rotatable bonds is 9. The van der Waals surface area contributed by atoms with E-state index >= 15 is 0 Å². The predicted octanol–water partition coefficient (Wildman–Crippen LogP) is 7.81. The molecule has 0 radical (unpaired) electrons. The maximum Gasteiger partial charge on any atom is 0.0483 e. The van der Waals surface area contributed by atoms with Crippen LogP contribution in [0.4, 0.5) is 5.69 Å². The first-order valence-corrected chi connectivity index (χ1v) is 11.2. The zero-order chi connectivity index (χ0) is 20.8. The SMILES string of the molecule is C=C=C.CC.CC(C)N.CCCCc1sccc1NC(CCC)CCC. The summed E-state index contributed by atoms with van der Waals surface area (Å²) in [5, 5.41) is 5.97. The van der Waals surface area contributed by atoms with Crippen LogP contribution >= 0.6 is 11.3 Å². The van der Waals surface area contributed by atoms with E-state index in [1.54, 1.807) is 4.88 Å². The fourth-order valence-corrected chi connectivity index (χ4v) is 3.09. The summed E-state index contributed by atoms with van der Waals surface area (Å²) >= 11 is 1.91. The zero-order valence-electron chi connectivity index (χ0n) is 18.7. The highest BCUT2D eigenvalue weighted by molar-refractivity contribution is 7.10. The lowest BCUT2D eigenvalue weighted by molar-refractivity contribution is 0.586. The smallest absolute Gasteiger partial charge is 0.0483 e. The lowest BCUT2D eigenvalue weighted by atomic mass is 10.1. The number of unbranched alkanes of at least 4 members (excludes halogenated alkanes) is 1. The molecule has 1 heterocycles. The van der Waals surface area contributed by atoms with Gasteiger partial charge >= 0.3 is 0 Å². The third-order valence-electron chi connectivity index (χ3n) is 3.14. The van der Waals surface area contributed by atoms with Crippen LogP contribution in [0.3, 0.4) is 0 Å². The van der Waals surface area contributed by atoms with Gasteiger partial charge in [-0.15, -0.1) is 17.1 Å². The molecule has 0 aromatic carbocycles. The minimum absolute atomic E-state index is 0.333. The van der Waals surface area contributed by atoms with Crippen molar-refractivity contribution in [2.24, 2.45) is 5.73 Å². The predicted molar refractivity (Wildman–Crippen MR) is 126 cm³/mol. The van der Waals surface area contributed by atoms with Gasteiger partial charge in [-0.3, -0.25) is 0 Å². The molecule has 0 saturated heterocycles. The van der Waals surface area contributed by atoms with Gasteiger partial charge in [0.15, 0.2) is 0 Å². The molecule has 1 aromatic heterocycles. The summed E-state index contributed by atoms with van der Waals surface area (Å²) < 4.78 is 0. The Bertz CT molecular complexity index is 395. The van der Waals surface area contributed by atoms with E-state index in [2.05, 4.69) is 56.4 Å². The highest BCUT2D eigenvalue weighted by Gasteiger charge is 2.10. The summed E-state index contributed by atoms with van der Waals surface area (Å²) in [6, 6.07) is 3.26. The molecule has 0 aliphatic rings. The van der Waals surface area contributed by atoms with Gasteiger partial charge in [0.25, 0.3) is 0 Å². The third kappa shape index (κ3) is 21.0. The number of hydrogen-bond donors (Lipinski definition) is 2. The van der Waals surface area contributed by atoms with Crippen molar-refractivity contribution in [3.63, 3.8) is 0 Å². The summed E-state index contributed by atoms with van der Waals surface area (Å²) in [7, 11) is 0. The molecule has 0 aliphatic carbocycles. The zero-order valence-corrected chi connectivity index (χ0v) is 19.5. The Balaban J connectivity index is -0.000000495. The van der Waals surface area contributed by atoms with Gasteiger partial charge in [0.05, 0.1) is 0 Å². The van der Waals surface area contributed by atoms with E-state index < -0.39 is 0 Å². The molecule has 0 fully saturated rings. The molecule has 1 aromatic rings. The van der Waals surface area contributed by atoms with Gasteiger partial charge in [0.2, 0.25) is 0 Å². The van der Waals surface area contributed by atoms with Gasteiger partial charge in [-0.05, 0) is 43.2 Å². The van der Waals surface area contributed by atoms with Crippen molar-refractivity contribution in [2.45, 2.75) is 105 Å². The van der Waals surface area contributed by atoms with Crippen molar-refractivity contribution in [1.82, 2.24) is 0 Å². The molecule has 3 heteroatoms. The number of hydrogen-bond acceptors (Lipinski definition) is 3. The molecule has 0 amide bonds. The number of nitrogens with two attached hydrogens (primary N) is 1. The average Bonchev–Trinajstić information content (AvgIpc) is 3.02. The topological polar surface area (TPSA) is 38.0 Å². The highest BCUT2D eigenvalue weighted by atomic mass is 32.1. The third-order valence-corrected chi connectivity index (χ3v) is 4.12. The van der Waals surface area contributed by atoms with Gasteiger partial charge in [0.1, 0.15) is 0 Å². The van der Waals surface area contributed by atoms with E-state index in [0.717, 1.165) is 0 Å². The Labute approximate surface area is 169 Å². The first-order valence-electron chi connectivity index (χ1n) is 10.3. The maximum atomic E-state index is 5.11. The molecular formula is C23H46N2S. The minimum atomic E-state index is 0.333. The van der Waals surface area contributed by atoms with Crippen LogP contribution < -0.4 is 11.1 Å². The summed E-state index contributed by atoms with van der Waals surface area (Å²) in [5.74, 6) is 0. The Kier molecular flexibility index (Phi) is 27.4. The van der Waals surface area contributed by atoms with Crippen molar-refractivity contribution in [1.29, 1.82) is 0 Å². The Hall–Kier alpha value is -1.02. The number of thiophene rings is 1. The Morgan fingerprint density at radius 3 is 1.92 bits per heavy atom. The van der Waals surface area contributed by atoms with Crippen LogP contribution in [0.15, 0.2) is 30.3 Å². The molecule has 26 heavy (non-hydrogen) atoms. The highest BCUT2D eigenvalue weighted by Crippen LogP contribution is 2.26. The lowest BCUT2D eigenvalue weighted by Gasteiger charge is -2.19. The van der Waals surface area contributed by atoms with E-state index in [9.17, 15) is 0 Å². The summed E-state index contributed by atoms with van der Waals surface area (Å²) in [4.78, 5) is 1.55. The van der Waals surface area contributed by atoms with Gasteiger partial charge in [-0.2, -0.15) is 0 Å². The normalized spacial score (nSPS) is 9.15. The van der Waals surface area contributed by atoms with E-state index in [0.29, 0.717) is 12.1 Å². The molecule has 0 unspecified atom stereocenters. The lowest BCUT2D eigenvalue weighted by Crippen LogP contribution is -2.19. The van der Waals surface area contributed by atoms with Crippen molar-refractivity contribution < 1.29 is 0 Å². The molecule has 0 bridgehead atoms. The van der Waals surface area contributed by atoms with Gasteiger partial charge in [0, 0.05) is 16.6 Å². The molecule has 3 N–H and O–H groups in total. The van der Waals surface area contributed by atoms with Gasteiger partial charge in [-0.25, -0.2) is 0 Å². The van der Waals surface area contributed by atoms with Crippen LogP contribution in [0.25, 0.3) is 0 Å². The van der Waals surface area contributed by atoms with Crippen LogP contribution in [-0.4, -0.2) is 12.1 Å². The van der Waals surface area contributed by atoms with Crippen LogP contribution in [0, 0.1) is 0 Å². The standard InChI is InChI=1S/C15H27NS.C3H9N.C3H4.C2H6/c1-4-7-10-15-14(11-12-17-15)16-13(8-5-2)9-6-3;1-3(2)4;1-3-2;1-2/h11-13,16H,4-10H2,1-3H3;3H,4H2,1-2H3;1-2H2;1-2H3. The van der Waals surface area contributed by atoms with Crippen molar-refractivity contribution in [2.75, 3.05) is 5.32 Å². The van der Waals surface area contributed by atoms with Gasteiger partial charge < -0.3 is 11.1 Å². The molecule has 0 atom stereocenters. The molecular weight excluding hydrogens is 336 g/mol. The quantitative estimate of drug-likeness (QED) is 0.427. The monoisotopic (exact) mass is 382 g/mol. The van der Waals surface area contributed by atoms with Crippen molar-refractivity contribution >= 4 is 17.0 Å². The fourth-order valence-electron chi connectivity index (χ4n) is 2.21. The first kappa shape index (κ1) is 29.7. The number of aryl methyl sites for hydroxylation is 1. The van der Waals surface area contributed by atoms with E-state index in [1.165, 1.54) is 50.6 Å². The summed E-state index contributed by atoms with van der Waals surface area (Å²) in [5.41, 5.74) is 8.76. The summed E-state index contributed by atoms with van der Waals surface area (Å²) in [6.45, 7) is 20.9. The first-order chi connectivity index (χ1) is 12.5. The molecule has 1 rings (SSSR count). The largest absolute Gasteiger partial charge is 0.381 e. The number of nitrogens with one attached hydrogen (secondary N) is 1. The van der Waals surface area contributed by atoms with Crippen LogP contribution in [-0.2, 0) is 6.42 Å². The van der Waals surface area contributed by atoms with Crippen LogP contribution in [0.1, 0.15) is 91.9 Å². The van der Waals surface area contributed by atoms with E-state index in [-0.39, 0.29) is 0 Å². The number of anilines is 1. The van der Waals surface area contributed by atoms with Gasteiger partial charge in [-0.1, -0.05) is 80.9 Å². The van der Waals surface area contributed by atoms with Crippen molar-refractivity contribution in [3.8, 4) is 0 Å². The molecule has 154 valence electrons. The Morgan fingerprint density at radius 2 is 1.54 bits per heavy atom.